The molecule has 1 fully saturated rings. The van der Waals surface area contributed by atoms with Crippen LogP contribution in [-0.2, 0) is 13.6 Å². The molecule has 1 saturated heterocycles. The van der Waals surface area contributed by atoms with Crippen molar-refractivity contribution in [1.29, 1.82) is 0 Å². The highest BCUT2D eigenvalue weighted by Gasteiger charge is 2.46. The fourth-order valence-corrected chi connectivity index (χ4v) is 4.96. The van der Waals surface area contributed by atoms with Crippen molar-refractivity contribution < 1.29 is 13.6 Å². The van der Waals surface area contributed by atoms with Gasteiger partial charge in [0.15, 0.2) is 0 Å². The van der Waals surface area contributed by atoms with E-state index in [4.69, 9.17) is 0 Å². The van der Waals surface area contributed by atoms with Crippen LogP contribution in [0.25, 0.3) is 0 Å². The van der Waals surface area contributed by atoms with Crippen molar-refractivity contribution in [2.24, 2.45) is 13.0 Å². The molecule has 1 aliphatic carbocycles. The van der Waals surface area contributed by atoms with Gasteiger partial charge in [-0.05, 0) is 23.3 Å². The van der Waals surface area contributed by atoms with Crippen molar-refractivity contribution >= 4 is 5.91 Å². The number of likely N-dealkylation sites (tertiary alicyclic amines) is 1. The first kappa shape index (κ1) is 18.9. The third kappa shape index (κ3) is 3.19. The molecule has 1 aliphatic heterocycles. The van der Waals surface area contributed by atoms with Gasteiger partial charge in [0, 0.05) is 56.3 Å². The van der Waals surface area contributed by atoms with Gasteiger partial charge in [-0.3, -0.25) is 14.4 Å². The summed E-state index contributed by atoms with van der Waals surface area (Å²) in [5.74, 6) is -0.780. The van der Waals surface area contributed by atoms with Crippen LogP contribution in [0, 0.1) is 17.6 Å². The molecule has 3 aromatic rings. The lowest BCUT2D eigenvalue weighted by Crippen LogP contribution is -2.34. The van der Waals surface area contributed by atoms with E-state index in [0.717, 1.165) is 24.7 Å². The number of hydrogen-bond donors (Lipinski definition) is 1. The molecule has 7 heteroatoms. The number of rotatable bonds is 4. The molecule has 3 atom stereocenters. The van der Waals surface area contributed by atoms with E-state index in [2.05, 4.69) is 27.4 Å². The lowest BCUT2D eigenvalue weighted by Gasteiger charge is -2.23. The van der Waals surface area contributed by atoms with E-state index >= 15 is 0 Å². The molecule has 1 aromatic heterocycles. The predicted molar refractivity (Wildman–Crippen MR) is 108 cm³/mol. The van der Waals surface area contributed by atoms with E-state index in [9.17, 15) is 13.6 Å². The second kappa shape index (κ2) is 7.32. The first-order valence-corrected chi connectivity index (χ1v) is 10.0. The maximum Gasteiger partial charge on any atom is 0.270 e. The summed E-state index contributed by atoms with van der Waals surface area (Å²) in [6.07, 6.45) is 1.61. The zero-order valence-corrected chi connectivity index (χ0v) is 16.6. The molecule has 5 nitrogen and oxygen atoms in total. The van der Waals surface area contributed by atoms with Crippen LogP contribution in [-0.4, -0.2) is 33.7 Å². The number of nitrogens with zero attached hydrogens (tertiary/aromatic N) is 3. The normalized spacial score (nSPS) is 22.7. The number of aryl methyl sites for hydroxylation is 1. The average Bonchev–Trinajstić information content (AvgIpc) is 3.40. The summed E-state index contributed by atoms with van der Waals surface area (Å²) in [4.78, 5) is 15.0. The van der Waals surface area contributed by atoms with Gasteiger partial charge in [-0.2, -0.15) is 5.10 Å². The average molecular weight is 408 g/mol. The molecule has 2 heterocycles. The first-order chi connectivity index (χ1) is 14.5. The molecule has 0 spiro atoms. The number of carbonyl (C=O) groups excluding carboxylic acids is 1. The van der Waals surface area contributed by atoms with Gasteiger partial charge >= 0.3 is 0 Å². The number of nitrogens with one attached hydrogen (secondary N) is 1. The van der Waals surface area contributed by atoms with Crippen molar-refractivity contribution in [3.63, 3.8) is 0 Å². The Kier molecular flexibility index (Phi) is 4.62. The van der Waals surface area contributed by atoms with E-state index in [-0.39, 0.29) is 23.8 Å². The standard InChI is InChI=1S/C23H22F2N4O/c1-28-21(8-9-26-28)23(30)27-22-17-5-3-2-4-16(17)18-12-29(13-19(18)22)11-14-6-7-15(24)10-20(14)25/h2-10,18-19,22H,11-13H2,1H3,(H,27,30)/t18-,19-,22+/m0/s1. The topological polar surface area (TPSA) is 50.2 Å². The second-order valence-electron chi connectivity index (χ2n) is 8.12. The molecule has 5 rings (SSSR count). The van der Waals surface area contributed by atoms with Gasteiger partial charge in [0.05, 0.1) is 6.04 Å². The highest BCUT2D eigenvalue weighted by Crippen LogP contribution is 2.49. The van der Waals surface area contributed by atoms with Gasteiger partial charge in [0.25, 0.3) is 5.91 Å². The van der Waals surface area contributed by atoms with E-state index in [1.807, 2.05) is 12.1 Å². The maximum atomic E-state index is 14.1. The lowest BCUT2D eigenvalue weighted by atomic mass is 9.94. The Morgan fingerprint density at radius 3 is 2.67 bits per heavy atom. The molecule has 30 heavy (non-hydrogen) atoms. The third-order valence-electron chi connectivity index (χ3n) is 6.35. The largest absolute Gasteiger partial charge is 0.344 e. The molecule has 154 valence electrons. The summed E-state index contributed by atoms with van der Waals surface area (Å²) < 4.78 is 28.9. The van der Waals surface area contributed by atoms with Crippen molar-refractivity contribution in [3.05, 3.63) is 88.7 Å². The summed E-state index contributed by atoms with van der Waals surface area (Å²) in [6.45, 7) is 1.92. The van der Waals surface area contributed by atoms with Crippen LogP contribution in [0.1, 0.15) is 39.1 Å². The highest BCUT2D eigenvalue weighted by atomic mass is 19.1. The molecule has 1 amide bonds. The van der Waals surface area contributed by atoms with Crippen LogP contribution in [0.3, 0.4) is 0 Å². The minimum absolute atomic E-state index is 0.114. The number of halogens is 2. The third-order valence-corrected chi connectivity index (χ3v) is 6.35. The maximum absolute atomic E-state index is 14.1. The lowest BCUT2D eigenvalue weighted by molar-refractivity contribution is 0.0914. The number of aromatic nitrogens is 2. The van der Waals surface area contributed by atoms with E-state index in [0.29, 0.717) is 17.8 Å². The Morgan fingerprint density at radius 1 is 1.13 bits per heavy atom. The van der Waals surface area contributed by atoms with Crippen LogP contribution >= 0.6 is 0 Å². The Balaban J connectivity index is 1.39. The number of carbonyl (C=O) groups is 1. The SMILES string of the molecule is Cn1nccc1C(=O)N[C@@H]1c2ccccc2[C@@H]2CN(Cc3ccc(F)cc3F)C[C@H]12. The predicted octanol–water partition coefficient (Wildman–Crippen LogP) is 3.40. The van der Waals surface area contributed by atoms with Crippen molar-refractivity contribution in [2.45, 2.75) is 18.5 Å². The zero-order valence-electron chi connectivity index (χ0n) is 16.6. The number of fused-ring (bicyclic) bond motifs is 3. The monoisotopic (exact) mass is 408 g/mol. The molecule has 0 unspecified atom stereocenters. The first-order valence-electron chi connectivity index (χ1n) is 10.0. The fraction of sp³-hybridized carbons (Fsp3) is 0.304. The van der Waals surface area contributed by atoms with Crippen LogP contribution in [0.5, 0.6) is 0 Å². The minimum atomic E-state index is -0.568. The number of benzene rings is 2. The smallest absolute Gasteiger partial charge is 0.270 e. The molecule has 1 N–H and O–H groups in total. The summed E-state index contributed by atoms with van der Waals surface area (Å²) in [5.41, 5.74) is 3.38. The van der Waals surface area contributed by atoms with Gasteiger partial charge in [0.1, 0.15) is 17.3 Å². The second-order valence-corrected chi connectivity index (χ2v) is 8.12. The van der Waals surface area contributed by atoms with E-state index < -0.39 is 11.6 Å². The number of amides is 1. The van der Waals surface area contributed by atoms with Crippen LogP contribution in [0.4, 0.5) is 8.78 Å². The van der Waals surface area contributed by atoms with Crippen LogP contribution in [0.15, 0.2) is 54.7 Å². The van der Waals surface area contributed by atoms with Gasteiger partial charge < -0.3 is 5.32 Å². The van der Waals surface area contributed by atoms with Crippen molar-refractivity contribution in [2.75, 3.05) is 13.1 Å². The molecule has 0 saturated carbocycles. The van der Waals surface area contributed by atoms with Gasteiger partial charge in [-0.15, -0.1) is 0 Å². The van der Waals surface area contributed by atoms with Gasteiger partial charge in [-0.1, -0.05) is 30.3 Å². The highest BCUT2D eigenvalue weighted by molar-refractivity contribution is 5.92. The summed E-state index contributed by atoms with van der Waals surface area (Å²) in [5, 5.41) is 7.28. The van der Waals surface area contributed by atoms with Gasteiger partial charge in [-0.25, -0.2) is 8.78 Å². The van der Waals surface area contributed by atoms with E-state index in [1.54, 1.807) is 24.0 Å². The molecule has 2 aromatic carbocycles. The summed E-state index contributed by atoms with van der Waals surface area (Å²) in [6, 6.07) is 13.5. The molecule has 0 radical (unpaired) electrons. The Bertz CT molecular complexity index is 1110. The Morgan fingerprint density at radius 2 is 1.93 bits per heavy atom. The van der Waals surface area contributed by atoms with Crippen LogP contribution < -0.4 is 5.32 Å². The Labute approximate surface area is 173 Å². The molecular formula is C23H22F2N4O. The van der Waals surface area contributed by atoms with Gasteiger partial charge in [0.2, 0.25) is 0 Å². The Hall–Kier alpha value is -3.06. The summed E-state index contributed by atoms with van der Waals surface area (Å²) >= 11 is 0. The molecule has 2 aliphatic rings. The van der Waals surface area contributed by atoms with Crippen molar-refractivity contribution in [1.82, 2.24) is 20.0 Å². The minimum Gasteiger partial charge on any atom is -0.344 e. The van der Waals surface area contributed by atoms with Crippen molar-refractivity contribution in [3.8, 4) is 0 Å². The fourth-order valence-electron chi connectivity index (χ4n) is 4.96. The number of hydrogen-bond acceptors (Lipinski definition) is 3. The quantitative estimate of drug-likeness (QED) is 0.720. The zero-order chi connectivity index (χ0) is 20.8. The van der Waals surface area contributed by atoms with Crippen LogP contribution in [0.2, 0.25) is 0 Å². The molecule has 0 bridgehead atoms. The molecular weight excluding hydrogens is 386 g/mol. The summed E-state index contributed by atoms with van der Waals surface area (Å²) in [7, 11) is 1.74. The van der Waals surface area contributed by atoms with E-state index in [1.165, 1.54) is 17.7 Å².